The lowest BCUT2D eigenvalue weighted by Gasteiger charge is -2.16. The third-order valence-corrected chi connectivity index (χ3v) is 2.49. The quantitative estimate of drug-likeness (QED) is 0.766. The lowest BCUT2D eigenvalue weighted by Crippen LogP contribution is -2.10. The monoisotopic (exact) mass is 221 g/mol. The Morgan fingerprint density at radius 1 is 1.44 bits per heavy atom. The van der Waals surface area contributed by atoms with Crippen molar-refractivity contribution in [1.82, 2.24) is 4.98 Å². The zero-order valence-corrected chi connectivity index (χ0v) is 10.2. The molecule has 0 spiro atoms. The first-order chi connectivity index (χ1) is 7.70. The van der Waals surface area contributed by atoms with E-state index in [0.29, 0.717) is 12.0 Å². The van der Waals surface area contributed by atoms with E-state index in [1.165, 1.54) is 5.56 Å². The molecule has 16 heavy (non-hydrogen) atoms. The van der Waals surface area contributed by atoms with Gasteiger partial charge in [-0.05, 0) is 39.2 Å². The third-order valence-electron chi connectivity index (χ3n) is 2.49. The van der Waals surface area contributed by atoms with Gasteiger partial charge in [-0.3, -0.25) is 0 Å². The van der Waals surface area contributed by atoms with Crippen LogP contribution in [0.2, 0.25) is 0 Å². The van der Waals surface area contributed by atoms with E-state index in [-0.39, 0.29) is 6.10 Å². The van der Waals surface area contributed by atoms with E-state index in [1.54, 1.807) is 6.20 Å². The van der Waals surface area contributed by atoms with Crippen LogP contribution in [0.15, 0.2) is 12.3 Å². The van der Waals surface area contributed by atoms with Crippen LogP contribution in [0.5, 0.6) is 11.6 Å². The predicted octanol–water partition coefficient (Wildman–Crippen LogP) is 2.97. The molecule has 0 amide bonds. The molecule has 1 saturated carbocycles. The normalized spacial score (nSPS) is 15.2. The van der Waals surface area contributed by atoms with Crippen LogP contribution in [0.3, 0.4) is 0 Å². The second kappa shape index (κ2) is 4.73. The van der Waals surface area contributed by atoms with Crippen LogP contribution < -0.4 is 9.47 Å². The van der Waals surface area contributed by atoms with Crippen molar-refractivity contribution in [3.05, 3.63) is 17.8 Å². The SMILES string of the molecule is CCc1ccnc(OC(C)C)c1OC1CC1. The van der Waals surface area contributed by atoms with Gasteiger partial charge in [0.15, 0.2) is 5.75 Å². The fraction of sp³-hybridized carbons (Fsp3) is 0.615. The van der Waals surface area contributed by atoms with E-state index in [4.69, 9.17) is 9.47 Å². The highest BCUT2D eigenvalue weighted by atomic mass is 16.5. The first-order valence-electron chi connectivity index (χ1n) is 6.02. The maximum atomic E-state index is 5.89. The Labute approximate surface area is 96.8 Å². The average molecular weight is 221 g/mol. The minimum atomic E-state index is 0.126. The molecule has 1 fully saturated rings. The number of pyridine rings is 1. The molecule has 0 atom stereocenters. The van der Waals surface area contributed by atoms with Crippen molar-refractivity contribution < 1.29 is 9.47 Å². The zero-order valence-electron chi connectivity index (χ0n) is 10.2. The second-order valence-electron chi connectivity index (χ2n) is 4.44. The van der Waals surface area contributed by atoms with E-state index >= 15 is 0 Å². The van der Waals surface area contributed by atoms with Crippen molar-refractivity contribution in [2.45, 2.75) is 52.2 Å². The molecule has 0 aromatic carbocycles. The summed E-state index contributed by atoms with van der Waals surface area (Å²) in [6, 6.07) is 2.00. The molecule has 1 heterocycles. The first kappa shape index (κ1) is 11.2. The maximum Gasteiger partial charge on any atom is 0.257 e. The standard InChI is InChI=1S/C13H19NO2/c1-4-10-7-8-14-13(15-9(2)3)12(10)16-11-5-6-11/h7-9,11H,4-6H2,1-3H3. The molecule has 0 radical (unpaired) electrons. The lowest BCUT2D eigenvalue weighted by molar-refractivity contribution is 0.207. The Balaban J connectivity index is 2.25. The number of aryl methyl sites for hydroxylation is 1. The number of hydrogen-bond donors (Lipinski definition) is 0. The van der Waals surface area contributed by atoms with Gasteiger partial charge in [0.2, 0.25) is 0 Å². The van der Waals surface area contributed by atoms with Crippen molar-refractivity contribution >= 4 is 0 Å². The van der Waals surface area contributed by atoms with Gasteiger partial charge in [0.25, 0.3) is 5.88 Å². The van der Waals surface area contributed by atoms with Crippen molar-refractivity contribution in [3.63, 3.8) is 0 Å². The van der Waals surface area contributed by atoms with Crippen molar-refractivity contribution in [2.24, 2.45) is 0 Å². The number of nitrogens with zero attached hydrogens (tertiary/aromatic N) is 1. The summed E-state index contributed by atoms with van der Waals surface area (Å²) in [5, 5.41) is 0. The van der Waals surface area contributed by atoms with Crippen LogP contribution in [0.25, 0.3) is 0 Å². The van der Waals surface area contributed by atoms with Gasteiger partial charge in [0.05, 0.1) is 12.2 Å². The van der Waals surface area contributed by atoms with Crippen molar-refractivity contribution in [3.8, 4) is 11.6 Å². The minimum Gasteiger partial charge on any atom is -0.485 e. The Morgan fingerprint density at radius 3 is 2.75 bits per heavy atom. The van der Waals surface area contributed by atoms with Gasteiger partial charge in [0, 0.05) is 11.8 Å². The van der Waals surface area contributed by atoms with Gasteiger partial charge in [-0.15, -0.1) is 0 Å². The molecule has 1 aromatic heterocycles. The summed E-state index contributed by atoms with van der Waals surface area (Å²) < 4.78 is 11.6. The van der Waals surface area contributed by atoms with Crippen LogP contribution in [-0.2, 0) is 6.42 Å². The van der Waals surface area contributed by atoms with Crippen LogP contribution >= 0.6 is 0 Å². The summed E-state index contributed by atoms with van der Waals surface area (Å²) in [5.74, 6) is 1.49. The first-order valence-corrected chi connectivity index (χ1v) is 6.02. The molecular weight excluding hydrogens is 202 g/mol. The molecule has 3 nitrogen and oxygen atoms in total. The van der Waals surface area contributed by atoms with Gasteiger partial charge in [0.1, 0.15) is 0 Å². The summed E-state index contributed by atoms with van der Waals surface area (Å²) in [6.45, 7) is 6.12. The van der Waals surface area contributed by atoms with Gasteiger partial charge in [-0.2, -0.15) is 0 Å². The van der Waals surface area contributed by atoms with Gasteiger partial charge in [-0.1, -0.05) is 6.92 Å². The Morgan fingerprint density at radius 2 is 2.19 bits per heavy atom. The number of hydrogen-bond acceptors (Lipinski definition) is 3. The molecule has 0 N–H and O–H groups in total. The maximum absolute atomic E-state index is 5.89. The van der Waals surface area contributed by atoms with Crippen LogP contribution in [0, 0.1) is 0 Å². The van der Waals surface area contributed by atoms with E-state index in [1.807, 2.05) is 19.9 Å². The van der Waals surface area contributed by atoms with E-state index < -0.39 is 0 Å². The van der Waals surface area contributed by atoms with Gasteiger partial charge >= 0.3 is 0 Å². The molecule has 0 saturated heterocycles. The van der Waals surface area contributed by atoms with E-state index in [9.17, 15) is 0 Å². The average Bonchev–Trinajstić information content (AvgIpc) is 3.03. The Hall–Kier alpha value is -1.25. The molecule has 0 aliphatic heterocycles. The van der Waals surface area contributed by atoms with E-state index in [2.05, 4.69) is 11.9 Å². The molecule has 88 valence electrons. The molecular formula is C13H19NO2. The highest BCUT2D eigenvalue weighted by Gasteiger charge is 2.26. The minimum absolute atomic E-state index is 0.126. The summed E-state index contributed by atoms with van der Waals surface area (Å²) in [7, 11) is 0. The van der Waals surface area contributed by atoms with Crippen LogP contribution in [0.1, 0.15) is 39.2 Å². The zero-order chi connectivity index (χ0) is 11.5. The smallest absolute Gasteiger partial charge is 0.257 e. The van der Waals surface area contributed by atoms with Gasteiger partial charge in [-0.25, -0.2) is 4.98 Å². The largest absolute Gasteiger partial charge is 0.485 e. The summed E-state index contributed by atoms with van der Waals surface area (Å²) in [5.41, 5.74) is 1.18. The summed E-state index contributed by atoms with van der Waals surface area (Å²) >= 11 is 0. The highest BCUT2D eigenvalue weighted by molar-refractivity contribution is 5.42. The van der Waals surface area contributed by atoms with Gasteiger partial charge < -0.3 is 9.47 Å². The Kier molecular flexibility index (Phi) is 3.32. The topological polar surface area (TPSA) is 31.4 Å². The molecule has 0 bridgehead atoms. The molecule has 3 heteroatoms. The van der Waals surface area contributed by atoms with Crippen LogP contribution in [0.4, 0.5) is 0 Å². The number of aromatic nitrogens is 1. The predicted molar refractivity (Wildman–Crippen MR) is 63.0 cm³/mol. The molecule has 1 aliphatic rings. The second-order valence-corrected chi connectivity index (χ2v) is 4.44. The third kappa shape index (κ3) is 2.65. The number of rotatable bonds is 5. The number of ether oxygens (including phenoxy) is 2. The molecule has 2 rings (SSSR count). The molecule has 1 aromatic rings. The summed E-state index contributed by atoms with van der Waals surface area (Å²) in [4.78, 5) is 4.26. The fourth-order valence-corrected chi connectivity index (χ4v) is 1.53. The molecule has 1 aliphatic carbocycles. The van der Waals surface area contributed by atoms with Crippen molar-refractivity contribution in [2.75, 3.05) is 0 Å². The summed E-state index contributed by atoms with van der Waals surface area (Å²) in [6.07, 6.45) is 5.54. The highest BCUT2D eigenvalue weighted by Crippen LogP contribution is 2.35. The van der Waals surface area contributed by atoms with E-state index in [0.717, 1.165) is 25.0 Å². The Bertz CT molecular complexity index is 359. The van der Waals surface area contributed by atoms with Crippen molar-refractivity contribution in [1.29, 1.82) is 0 Å². The lowest BCUT2D eigenvalue weighted by atomic mass is 10.2. The molecule has 0 unspecified atom stereocenters. The fourth-order valence-electron chi connectivity index (χ4n) is 1.53. The van der Waals surface area contributed by atoms with Crippen LogP contribution in [-0.4, -0.2) is 17.2 Å².